The molecule has 3 aromatic rings. The minimum Gasteiger partial charge on any atom is -0.481 e. The number of carbonyl (C=O) groups excluding carboxylic acids is 1. The Hall–Kier alpha value is -3.67. The number of hydrogen-bond acceptors (Lipinski definition) is 4. The van der Waals surface area contributed by atoms with Crippen LogP contribution in [0.2, 0.25) is 0 Å². The van der Waals surface area contributed by atoms with Gasteiger partial charge in [-0.3, -0.25) is 9.59 Å². The SMILES string of the molecule is Cc1cc2ccc1C(=O)N1CCc3ccc(cc3C1)[C@@H](CC(=O)O)c1cnc(cc1C)OCCCCC2. The van der Waals surface area contributed by atoms with Crippen molar-refractivity contribution < 1.29 is 19.4 Å². The van der Waals surface area contributed by atoms with Gasteiger partial charge >= 0.3 is 5.97 Å². The predicted octanol–water partition coefficient (Wildman–Crippen LogP) is 5.61. The van der Waals surface area contributed by atoms with Crippen LogP contribution in [-0.2, 0) is 24.2 Å². The Morgan fingerprint density at radius 1 is 1.03 bits per heavy atom. The van der Waals surface area contributed by atoms with Crippen molar-refractivity contribution >= 4 is 11.9 Å². The Balaban J connectivity index is 1.53. The number of ether oxygens (including phenoxy) is 1. The van der Waals surface area contributed by atoms with Gasteiger partial charge in [0.1, 0.15) is 0 Å². The van der Waals surface area contributed by atoms with Crippen molar-refractivity contribution in [1.29, 1.82) is 0 Å². The van der Waals surface area contributed by atoms with Gasteiger partial charge < -0.3 is 14.7 Å². The molecule has 7 bridgehead atoms. The first kappa shape index (κ1) is 25.0. The van der Waals surface area contributed by atoms with Crippen molar-refractivity contribution in [2.75, 3.05) is 13.2 Å². The number of nitrogens with zero attached hydrogens (tertiary/aromatic N) is 2. The average molecular weight is 499 g/mol. The summed E-state index contributed by atoms with van der Waals surface area (Å²) in [6, 6.07) is 14.3. The maximum Gasteiger partial charge on any atom is 0.304 e. The second-order valence-corrected chi connectivity index (χ2v) is 10.3. The van der Waals surface area contributed by atoms with Gasteiger partial charge in [-0.2, -0.15) is 0 Å². The standard InChI is InChI=1S/C31H34N2O4/c1-20-14-22-6-4-3-5-13-37-29-15-21(2)28(18-32-29)27(17-30(34)35)24-9-8-23-11-12-33(19-25(23)16-24)31(36)26(20)10-7-22/h7-10,14-16,18,27H,3-6,11-13,17,19H2,1-2H3,(H,34,35)/t27-/m1/s1. The number of aromatic nitrogens is 1. The van der Waals surface area contributed by atoms with Gasteiger partial charge in [-0.1, -0.05) is 30.3 Å². The third kappa shape index (κ3) is 5.53. The van der Waals surface area contributed by atoms with E-state index < -0.39 is 5.97 Å². The highest BCUT2D eigenvalue weighted by Crippen LogP contribution is 2.34. The lowest BCUT2D eigenvalue weighted by molar-refractivity contribution is -0.137. The predicted molar refractivity (Wildman–Crippen MR) is 142 cm³/mol. The zero-order chi connectivity index (χ0) is 25.9. The Morgan fingerprint density at radius 2 is 1.89 bits per heavy atom. The fourth-order valence-electron chi connectivity index (χ4n) is 5.61. The largest absolute Gasteiger partial charge is 0.481 e. The molecular weight excluding hydrogens is 464 g/mol. The van der Waals surface area contributed by atoms with Crippen LogP contribution < -0.4 is 4.74 Å². The number of carboxylic acids is 1. The number of aliphatic carboxylic acids is 1. The molecule has 0 aliphatic carbocycles. The lowest BCUT2D eigenvalue weighted by Crippen LogP contribution is -2.36. The van der Waals surface area contributed by atoms with Crippen LogP contribution >= 0.6 is 0 Å². The van der Waals surface area contributed by atoms with E-state index in [1.807, 2.05) is 36.9 Å². The molecule has 6 nitrogen and oxygen atoms in total. The zero-order valence-corrected chi connectivity index (χ0v) is 21.6. The molecule has 0 saturated heterocycles. The smallest absolute Gasteiger partial charge is 0.304 e. The number of hydrogen-bond donors (Lipinski definition) is 1. The Morgan fingerprint density at radius 3 is 2.68 bits per heavy atom. The fourth-order valence-corrected chi connectivity index (χ4v) is 5.61. The molecule has 1 atom stereocenters. The minimum absolute atomic E-state index is 0.0320. The van der Waals surface area contributed by atoms with E-state index in [0.29, 0.717) is 25.6 Å². The summed E-state index contributed by atoms with van der Waals surface area (Å²) in [5.41, 5.74) is 8.11. The van der Waals surface area contributed by atoms with E-state index in [1.165, 1.54) is 11.1 Å². The third-order valence-electron chi connectivity index (χ3n) is 7.69. The summed E-state index contributed by atoms with van der Waals surface area (Å²) < 4.78 is 5.92. The molecule has 0 fully saturated rings. The summed E-state index contributed by atoms with van der Waals surface area (Å²) >= 11 is 0. The van der Waals surface area contributed by atoms with Crippen LogP contribution in [0, 0.1) is 13.8 Å². The van der Waals surface area contributed by atoms with Crippen LogP contribution in [-0.4, -0.2) is 40.0 Å². The quantitative estimate of drug-likeness (QED) is 0.497. The van der Waals surface area contributed by atoms with Crippen LogP contribution in [0.1, 0.15) is 80.9 Å². The van der Waals surface area contributed by atoms with Gasteiger partial charge in [-0.15, -0.1) is 0 Å². The van der Waals surface area contributed by atoms with Crippen molar-refractivity contribution in [2.24, 2.45) is 0 Å². The first-order valence-electron chi connectivity index (χ1n) is 13.2. The van der Waals surface area contributed by atoms with E-state index in [4.69, 9.17) is 4.74 Å². The van der Waals surface area contributed by atoms with E-state index in [2.05, 4.69) is 29.2 Å². The molecular formula is C31H34N2O4. The Bertz CT molecular complexity index is 1330. The zero-order valence-electron chi connectivity index (χ0n) is 21.6. The first-order valence-corrected chi connectivity index (χ1v) is 13.2. The number of amides is 1. The molecule has 1 amide bonds. The molecule has 37 heavy (non-hydrogen) atoms. The summed E-state index contributed by atoms with van der Waals surface area (Å²) in [7, 11) is 0. The van der Waals surface area contributed by atoms with E-state index in [1.54, 1.807) is 6.20 Å². The molecule has 0 radical (unpaired) electrons. The molecule has 6 heterocycles. The van der Waals surface area contributed by atoms with Gasteiger partial charge in [0.25, 0.3) is 5.91 Å². The molecule has 0 saturated carbocycles. The fraction of sp³-hybridized carbons (Fsp3) is 0.387. The van der Waals surface area contributed by atoms with E-state index >= 15 is 0 Å². The van der Waals surface area contributed by atoms with Crippen molar-refractivity contribution in [1.82, 2.24) is 9.88 Å². The number of pyridine rings is 1. The lowest BCUT2D eigenvalue weighted by atomic mass is 9.84. The monoisotopic (exact) mass is 498 g/mol. The van der Waals surface area contributed by atoms with Crippen molar-refractivity contribution in [3.63, 3.8) is 0 Å². The number of aryl methyl sites for hydroxylation is 3. The summed E-state index contributed by atoms with van der Waals surface area (Å²) in [4.78, 5) is 31.8. The van der Waals surface area contributed by atoms with Gasteiger partial charge in [0.2, 0.25) is 5.88 Å². The van der Waals surface area contributed by atoms with Gasteiger partial charge in [-0.05, 0) is 91.0 Å². The maximum atomic E-state index is 13.5. The van der Waals surface area contributed by atoms with Gasteiger partial charge in [0.15, 0.2) is 0 Å². The highest BCUT2D eigenvalue weighted by atomic mass is 16.5. The highest BCUT2D eigenvalue weighted by Gasteiger charge is 2.26. The summed E-state index contributed by atoms with van der Waals surface area (Å²) in [5.74, 6) is -0.559. The summed E-state index contributed by atoms with van der Waals surface area (Å²) in [6.45, 7) is 5.80. The lowest BCUT2D eigenvalue weighted by Gasteiger charge is -2.30. The molecule has 192 valence electrons. The molecule has 6 heteroatoms. The van der Waals surface area contributed by atoms with E-state index in [9.17, 15) is 14.7 Å². The molecule has 2 aromatic carbocycles. The van der Waals surface area contributed by atoms with Crippen molar-refractivity contribution in [2.45, 2.75) is 64.8 Å². The molecule has 1 N–H and O–H groups in total. The highest BCUT2D eigenvalue weighted by molar-refractivity contribution is 5.95. The van der Waals surface area contributed by atoms with Crippen molar-refractivity contribution in [3.8, 4) is 5.88 Å². The van der Waals surface area contributed by atoms with Crippen LogP contribution in [0.25, 0.3) is 0 Å². The normalized spacial score (nSPS) is 17.9. The van der Waals surface area contributed by atoms with Gasteiger partial charge in [0, 0.05) is 36.8 Å². The minimum atomic E-state index is -0.858. The second-order valence-electron chi connectivity index (χ2n) is 10.3. The molecule has 8 rings (SSSR count). The summed E-state index contributed by atoms with van der Waals surface area (Å²) in [6.07, 6.45) is 6.54. The van der Waals surface area contributed by atoms with Gasteiger partial charge in [0.05, 0.1) is 13.0 Å². The first-order chi connectivity index (χ1) is 17.9. The number of carboxylic acid groups (broad SMARTS) is 1. The van der Waals surface area contributed by atoms with E-state index in [-0.39, 0.29) is 18.2 Å². The summed E-state index contributed by atoms with van der Waals surface area (Å²) in [5, 5.41) is 9.73. The van der Waals surface area contributed by atoms with Gasteiger partial charge in [-0.25, -0.2) is 4.98 Å². The maximum absolute atomic E-state index is 13.5. The number of carbonyl (C=O) groups is 2. The Kier molecular flexibility index (Phi) is 7.26. The van der Waals surface area contributed by atoms with Crippen molar-refractivity contribution in [3.05, 3.63) is 93.2 Å². The van der Waals surface area contributed by atoms with Crippen LogP contribution in [0.3, 0.4) is 0 Å². The number of rotatable bonds is 2. The third-order valence-corrected chi connectivity index (χ3v) is 7.69. The molecule has 0 unspecified atom stereocenters. The van der Waals surface area contributed by atoms with Crippen LogP contribution in [0.5, 0.6) is 5.88 Å². The van der Waals surface area contributed by atoms with Crippen LogP contribution in [0.15, 0.2) is 48.7 Å². The molecule has 0 spiro atoms. The topological polar surface area (TPSA) is 79.7 Å². The van der Waals surface area contributed by atoms with Crippen LogP contribution in [0.4, 0.5) is 0 Å². The van der Waals surface area contributed by atoms with E-state index in [0.717, 1.165) is 65.5 Å². The molecule has 5 aliphatic rings. The molecule has 5 aliphatic heterocycles. The molecule has 1 aromatic heterocycles. The average Bonchev–Trinajstić information content (AvgIpc) is 2.88. The second kappa shape index (κ2) is 10.8. The Labute approximate surface area is 218 Å². The number of benzene rings is 2.